The van der Waals surface area contributed by atoms with Crippen LogP contribution in [-0.4, -0.2) is 30.8 Å². The van der Waals surface area contributed by atoms with Gasteiger partial charge in [-0.05, 0) is 67.8 Å². The van der Waals surface area contributed by atoms with Gasteiger partial charge in [-0.25, -0.2) is 4.98 Å². The molecule has 0 saturated carbocycles. The lowest BCUT2D eigenvalue weighted by Gasteiger charge is -2.14. The average molecular weight is 486 g/mol. The first-order valence-corrected chi connectivity index (χ1v) is 10.6. The fourth-order valence-corrected chi connectivity index (χ4v) is 3.38. The summed E-state index contributed by atoms with van der Waals surface area (Å²) in [5.41, 5.74) is 6.17. The molecule has 1 amide bonds. The summed E-state index contributed by atoms with van der Waals surface area (Å²) in [5.74, 6) is 0.610. The molecule has 0 aliphatic rings. The summed E-state index contributed by atoms with van der Waals surface area (Å²) in [5, 5.41) is 6.85. The molecule has 7 nitrogen and oxygen atoms in total. The second-order valence-corrected chi connectivity index (χ2v) is 7.82. The molecule has 0 spiro atoms. The molecule has 1 heterocycles. The van der Waals surface area contributed by atoms with Gasteiger partial charge in [-0.15, -0.1) is 0 Å². The number of hydrazone groups is 1. The summed E-state index contributed by atoms with van der Waals surface area (Å²) in [4.78, 5) is 16.1. The van der Waals surface area contributed by atoms with Gasteiger partial charge in [0.2, 0.25) is 0 Å². The lowest BCUT2D eigenvalue weighted by molar-refractivity contribution is -0.137. The predicted molar refractivity (Wildman–Crippen MR) is 128 cm³/mol. The monoisotopic (exact) mass is 486 g/mol. The number of nitrogens with zero attached hydrogens (tertiary/aromatic N) is 2. The quantitative estimate of drug-likeness (QED) is 0.325. The zero-order chi connectivity index (χ0) is 25.6. The van der Waals surface area contributed by atoms with E-state index in [4.69, 9.17) is 9.47 Å². The van der Waals surface area contributed by atoms with E-state index in [1.807, 2.05) is 32.9 Å². The van der Waals surface area contributed by atoms with Crippen LogP contribution in [0, 0.1) is 20.8 Å². The second kappa shape index (κ2) is 10.9. The van der Waals surface area contributed by atoms with E-state index >= 15 is 0 Å². The van der Waals surface area contributed by atoms with Gasteiger partial charge in [0.25, 0.3) is 5.91 Å². The van der Waals surface area contributed by atoms with Crippen LogP contribution in [0.5, 0.6) is 11.5 Å². The minimum atomic E-state index is -4.45. The molecule has 0 radical (unpaired) electrons. The molecule has 0 atom stereocenters. The average Bonchev–Trinajstić information content (AvgIpc) is 2.80. The number of anilines is 2. The normalized spacial score (nSPS) is 11.4. The second-order valence-electron chi connectivity index (χ2n) is 7.82. The van der Waals surface area contributed by atoms with Crippen molar-refractivity contribution in [3.63, 3.8) is 0 Å². The topological polar surface area (TPSA) is 84.8 Å². The van der Waals surface area contributed by atoms with Crippen molar-refractivity contribution in [3.05, 3.63) is 76.5 Å². The highest BCUT2D eigenvalue weighted by Crippen LogP contribution is 2.29. The van der Waals surface area contributed by atoms with E-state index in [2.05, 4.69) is 20.8 Å². The Balaban J connectivity index is 1.59. The number of halogens is 3. The van der Waals surface area contributed by atoms with Crippen LogP contribution in [0.4, 0.5) is 24.7 Å². The maximum absolute atomic E-state index is 12.6. The van der Waals surface area contributed by atoms with Gasteiger partial charge in [0.05, 0.1) is 18.9 Å². The van der Waals surface area contributed by atoms with Crippen molar-refractivity contribution in [2.45, 2.75) is 26.9 Å². The highest BCUT2D eigenvalue weighted by atomic mass is 19.4. The number of carbonyl (C=O) groups excluding carboxylic acids is 1. The van der Waals surface area contributed by atoms with Crippen LogP contribution < -0.4 is 20.2 Å². The van der Waals surface area contributed by atoms with Crippen LogP contribution >= 0.6 is 0 Å². The first kappa shape index (κ1) is 25.5. The van der Waals surface area contributed by atoms with E-state index < -0.39 is 11.7 Å². The zero-order valence-electron chi connectivity index (χ0n) is 19.7. The summed E-state index contributed by atoms with van der Waals surface area (Å²) in [6.07, 6.45) is -2.28. The Kier molecular flexibility index (Phi) is 7.95. The number of aromatic nitrogens is 1. The number of hydrogen-bond donors (Lipinski definition) is 2. The third-order valence-electron chi connectivity index (χ3n) is 4.97. The molecular weight excluding hydrogens is 461 g/mol. The number of alkyl halides is 3. The van der Waals surface area contributed by atoms with Gasteiger partial charge in [-0.1, -0.05) is 17.7 Å². The number of amides is 1. The molecule has 0 fully saturated rings. The van der Waals surface area contributed by atoms with E-state index in [1.165, 1.54) is 19.4 Å². The molecule has 1 aromatic heterocycles. The minimum Gasteiger partial charge on any atom is -0.493 e. The molecule has 0 aliphatic heterocycles. The Bertz CT molecular complexity index is 1200. The Morgan fingerprint density at radius 3 is 2.37 bits per heavy atom. The van der Waals surface area contributed by atoms with E-state index in [0.717, 1.165) is 34.6 Å². The van der Waals surface area contributed by atoms with E-state index in [-0.39, 0.29) is 18.3 Å². The van der Waals surface area contributed by atoms with Crippen molar-refractivity contribution in [1.82, 2.24) is 4.98 Å². The Morgan fingerprint density at radius 1 is 1.06 bits per heavy atom. The number of ether oxygens (including phenoxy) is 2. The third kappa shape index (κ3) is 6.95. The van der Waals surface area contributed by atoms with E-state index in [0.29, 0.717) is 17.1 Å². The standard InChI is InChI=1S/C25H25F3N4O3/c1-15-9-16(2)24(17(3)10-15)31-23(33)14-35-20-7-5-18(11-21(20)34-4)12-30-32-22-8-6-19(13-29-22)25(26,27)28/h5-13H,14H2,1-4H3,(H,29,32)(H,31,33). The number of rotatable bonds is 8. The van der Waals surface area contributed by atoms with Gasteiger partial charge >= 0.3 is 6.18 Å². The predicted octanol–water partition coefficient (Wildman–Crippen LogP) is 5.50. The number of nitrogens with one attached hydrogen (secondary N) is 2. The van der Waals surface area contributed by atoms with Crippen LogP contribution in [0.1, 0.15) is 27.8 Å². The first-order valence-electron chi connectivity index (χ1n) is 10.6. The lowest BCUT2D eigenvalue weighted by atomic mass is 10.1. The van der Waals surface area contributed by atoms with Crippen LogP contribution in [0.15, 0.2) is 53.8 Å². The Morgan fingerprint density at radius 2 is 1.77 bits per heavy atom. The Hall–Kier alpha value is -4.08. The largest absolute Gasteiger partial charge is 0.493 e. The summed E-state index contributed by atoms with van der Waals surface area (Å²) in [6.45, 7) is 5.65. The van der Waals surface area contributed by atoms with Gasteiger partial charge in [0.1, 0.15) is 5.82 Å². The molecule has 0 aliphatic carbocycles. The van der Waals surface area contributed by atoms with Crippen molar-refractivity contribution in [1.29, 1.82) is 0 Å². The zero-order valence-corrected chi connectivity index (χ0v) is 19.7. The molecule has 0 bridgehead atoms. The van der Waals surface area contributed by atoms with Crippen LogP contribution in [0.3, 0.4) is 0 Å². The molecule has 0 saturated heterocycles. The number of hydrogen-bond acceptors (Lipinski definition) is 6. The molecule has 10 heteroatoms. The van der Waals surface area contributed by atoms with Gasteiger partial charge in [0, 0.05) is 11.9 Å². The van der Waals surface area contributed by atoms with Gasteiger partial charge in [0.15, 0.2) is 18.1 Å². The highest BCUT2D eigenvalue weighted by molar-refractivity contribution is 5.93. The molecular formula is C25H25F3N4O3. The molecule has 3 rings (SSSR count). The number of carbonyl (C=O) groups is 1. The van der Waals surface area contributed by atoms with Crippen molar-refractivity contribution < 1.29 is 27.4 Å². The fraction of sp³-hybridized carbons (Fsp3) is 0.240. The van der Waals surface area contributed by atoms with Crippen molar-refractivity contribution in [3.8, 4) is 11.5 Å². The SMILES string of the molecule is COc1cc(C=NNc2ccc(C(F)(F)F)cn2)ccc1OCC(=O)Nc1c(C)cc(C)cc1C. The summed E-state index contributed by atoms with van der Waals surface area (Å²) in [7, 11) is 1.46. The molecule has 35 heavy (non-hydrogen) atoms. The van der Waals surface area contributed by atoms with Crippen LogP contribution in [-0.2, 0) is 11.0 Å². The summed E-state index contributed by atoms with van der Waals surface area (Å²) in [6, 6.07) is 11.1. The highest BCUT2D eigenvalue weighted by Gasteiger charge is 2.30. The minimum absolute atomic E-state index is 0.159. The smallest absolute Gasteiger partial charge is 0.417 e. The third-order valence-corrected chi connectivity index (χ3v) is 4.97. The van der Waals surface area contributed by atoms with E-state index in [9.17, 15) is 18.0 Å². The number of pyridine rings is 1. The maximum atomic E-state index is 12.6. The first-order chi connectivity index (χ1) is 16.6. The van der Waals surface area contributed by atoms with Crippen LogP contribution in [0.2, 0.25) is 0 Å². The molecule has 184 valence electrons. The van der Waals surface area contributed by atoms with Crippen molar-refractivity contribution in [2.75, 3.05) is 24.5 Å². The lowest BCUT2D eigenvalue weighted by Crippen LogP contribution is -2.21. The summed E-state index contributed by atoms with van der Waals surface area (Å²) < 4.78 is 48.8. The number of methoxy groups -OCH3 is 1. The van der Waals surface area contributed by atoms with Gasteiger partial charge < -0.3 is 14.8 Å². The molecule has 2 aromatic carbocycles. The molecule has 2 N–H and O–H groups in total. The summed E-state index contributed by atoms with van der Waals surface area (Å²) >= 11 is 0. The number of aryl methyl sites for hydroxylation is 3. The van der Waals surface area contributed by atoms with Crippen molar-refractivity contribution >= 4 is 23.6 Å². The fourth-order valence-electron chi connectivity index (χ4n) is 3.38. The van der Waals surface area contributed by atoms with Gasteiger partial charge in [-0.2, -0.15) is 18.3 Å². The van der Waals surface area contributed by atoms with Crippen LogP contribution in [0.25, 0.3) is 0 Å². The maximum Gasteiger partial charge on any atom is 0.417 e. The Labute approximate surface area is 201 Å². The molecule has 3 aromatic rings. The van der Waals surface area contributed by atoms with Crippen molar-refractivity contribution in [2.24, 2.45) is 5.10 Å². The van der Waals surface area contributed by atoms with Gasteiger partial charge in [-0.3, -0.25) is 10.2 Å². The number of benzene rings is 2. The molecule has 0 unspecified atom stereocenters. The van der Waals surface area contributed by atoms with E-state index in [1.54, 1.807) is 18.2 Å².